The molecule has 1 N–H and O–H groups in total. The number of cyclic esters (lactones) is 1. The van der Waals surface area contributed by atoms with E-state index in [9.17, 15) is 9.59 Å². The van der Waals surface area contributed by atoms with E-state index in [2.05, 4.69) is 31.4 Å². The van der Waals surface area contributed by atoms with Gasteiger partial charge in [0.05, 0.1) is 5.56 Å². The number of fused-ring (bicyclic) bond motifs is 1. The maximum atomic E-state index is 12.3. The van der Waals surface area contributed by atoms with Gasteiger partial charge in [-0.15, -0.1) is 10.2 Å². The number of nitrogens with one attached hydrogen (secondary N) is 1. The monoisotopic (exact) mass is 395 g/mol. The molecule has 23 heavy (non-hydrogen) atoms. The Morgan fingerprint density at radius 2 is 2.22 bits per heavy atom. The van der Waals surface area contributed by atoms with Crippen molar-refractivity contribution in [2.24, 2.45) is 0 Å². The van der Waals surface area contributed by atoms with Crippen LogP contribution in [0.1, 0.15) is 40.7 Å². The normalized spacial score (nSPS) is 16.9. The summed E-state index contributed by atoms with van der Waals surface area (Å²) in [6.45, 7) is 4.01. The molecule has 6 nitrogen and oxygen atoms in total. The van der Waals surface area contributed by atoms with E-state index < -0.39 is 18.0 Å². The molecule has 0 saturated carbocycles. The van der Waals surface area contributed by atoms with Crippen molar-refractivity contribution in [3.8, 4) is 0 Å². The number of nitrogens with zero attached hydrogens (tertiary/aromatic N) is 2. The average molecular weight is 396 g/mol. The molecule has 1 unspecified atom stereocenters. The van der Waals surface area contributed by atoms with Gasteiger partial charge in [-0.2, -0.15) is 0 Å². The first-order valence-corrected chi connectivity index (χ1v) is 8.68. The van der Waals surface area contributed by atoms with Crippen LogP contribution in [0.2, 0.25) is 0 Å². The lowest BCUT2D eigenvalue weighted by Crippen LogP contribution is -2.38. The summed E-state index contributed by atoms with van der Waals surface area (Å²) >= 11 is 4.69. The molecular formula is C15H14BrN3O3S. The fourth-order valence-electron chi connectivity index (χ4n) is 2.21. The fraction of sp³-hybridized carbons (Fsp3) is 0.333. The molecule has 8 heteroatoms. The maximum Gasteiger partial charge on any atom is 0.339 e. The van der Waals surface area contributed by atoms with E-state index in [0.717, 1.165) is 15.0 Å². The molecule has 1 aromatic heterocycles. The van der Waals surface area contributed by atoms with Crippen LogP contribution >= 0.6 is 27.3 Å². The second kappa shape index (κ2) is 6.37. The molecular weight excluding hydrogens is 382 g/mol. The Kier molecular flexibility index (Phi) is 4.45. The van der Waals surface area contributed by atoms with Crippen LogP contribution in [-0.2, 0) is 16.0 Å². The highest BCUT2D eigenvalue weighted by Gasteiger charge is 2.32. The molecule has 0 bridgehead atoms. The van der Waals surface area contributed by atoms with E-state index in [1.807, 2.05) is 19.9 Å². The predicted octanol–water partition coefficient (Wildman–Crippen LogP) is 3.14. The Hall–Kier alpha value is -1.80. The predicted molar refractivity (Wildman–Crippen MR) is 89.7 cm³/mol. The van der Waals surface area contributed by atoms with E-state index in [4.69, 9.17) is 4.74 Å². The summed E-state index contributed by atoms with van der Waals surface area (Å²) in [4.78, 5) is 24.3. The second-order valence-electron chi connectivity index (χ2n) is 5.49. The number of hydrogen-bond donors (Lipinski definition) is 1. The van der Waals surface area contributed by atoms with Crippen molar-refractivity contribution in [2.75, 3.05) is 5.32 Å². The first-order valence-electron chi connectivity index (χ1n) is 7.07. The number of carbonyl (C=O) groups excluding carboxylic acids is 2. The Morgan fingerprint density at radius 1 is 1.43 bits per heavy atom. The second-order valence-corrected chi connectivity index (χ2v) is 7.41. The van der Waals surface area contributed by atoms with Crippen molar-refractivity contribution >= 4 is 44.3 Å². The molecule has 1 amide bonds. The number of esters is 1. The molecule has 120 valence electrons. The highest BCUT2D eigenvalue weighted by Crippen LogP contribution is 2.26. The highest BCUT2D eigenvalue weighted by atomic mass is 79.9. The van der Waals surface area contributed by atoms with Crippen LogP contribution in [0.4, 0.5) is 5.13 Å². The van der Waals surface area contributed by atoms with Crippen molar-refractivity contribution in [2.45, 2.75) is 32.3 Å². The summed E-state index contributed by atoms with van der Waals surface area (Å²) < 4.78 is 6.09. The van der Waals surface area contributed by atoms with Crippen LogP contribution in [0, 0.1) is 0 Å². The van der Waals surface area contributed by atoms with E-state index in [0.29, 0.717) is 17.1 Å². The van der Waals surface area contributed by atoms with Gasteiger partial charge in [-0.25, -0.2) is 4.79 Å². The number of halogens is 1. The molecule has 0 spiro atoms. The first-order chi connectivity index (χ1) is 10.9. The average Bonchev–Trinajstić information content (AvgIpc) is 2.95. The first kappa shape index (κ1) is 16.1. The minimum atomic E-state index is -0.865. The quantitative estimate of drug-likeness (QED) is 0.807. The minimum absolute atomic E-state index is 0.245. The highest BCUT2D eigenvalue weighted by molar-refractivity contribution is 9.10. The van der Waals surface area contributed by atoms with Gasteiger partial charge in [0.1, 0.15) is 5.01 Å². The molecule has 3 rings (SSSR count). The van der Waals surface area contributed by atoms with Gasteiger partial charge in [-0.3, -0.25) is 10.1 Å². The molecule has 1 aliphatic heterocycles. The largest absolute Gasteiger partial charge is 0.448 e. The van der Waals surface area contributed by atoms with Gasteiger partial charge in [0.15, 0.2) is 6.10 Å². The fourth-order valence-corrected chi connectivity index (χ4v) is 3.37. The number of benzene rings is 1. The third-order valence-electron chi connectivity index (χ3n) is 3.40. The molecule has 0 saturated heterocycles. The van der Waals surface area contributed by atoms with Crippen molar-refractivity contribution in [3.63, 3.8) is 0 Å². The SMILES string of the molecule is CC(C)c1nnc(NC(=O)C2Cc3cc(Br)ccc3C(=O)O2)s1. The number of hydrogen-bond acceptors (Lipinski definition) is 6. The number of aromatic nitrogens is 2. The molecule has 0 fully saturated rings. The Balaban J connectivity index is 1.74. The number of amides is 1. The molecule has 0 aliphatic carbocycles. The van der Waals surface area contributed by atoms with E-state index >= 15 is 0 Å². The molecule has 1 aliphatic rings. The lowest BCUT2D eigenvalue weighted by atomic mass is 9.98. The van der Waals surface area contributed by atoms with Crippen LogP contribution in [0.3, 0.4) is 0 Å². The zero-order valence-corrected chi connectivity index (χ0v) is 14.9. The summed E-state index contributed by atoms with van der Waals surface area (Å²) in [6, 6.07) is 5.29. The van der Waals surface area contributed by atoms with Crippen LogP contribution in [0.15, 0.2) is 22.7 Å². The van der Waals surface area contributed by atoms with Gasteiger partial charge in [0, 0.05) is 16.8 Å². The van der Waals surface area contributed by atoms with Gasteiger partial charge in [0.25, 0.3) is 5.91 Å². The van der Waals surface area contributed by atoms with Crippen molar-refractivity contribution < 1.29 is 14.3 Å². The van der Waals surface area contributed by atoms with Gasteiger partial charge in [-0.05, 0) is 23.8 Å². The summed E-state index contributed by atoms with van der Waals surface area (Å²) in [6.07, 6.45) is -0.530. The van der Waals surface area contributed by atoms with E-state index in [1.54, 1.807) is 12.1 Å². The smallest absolute Gasteiger partial charge is 0.339 e. The number of ether oxygens (including phenoxy) is 1. The minimum Gasteiger partial charge on any atom is -0.448 e. The summed E-state index contributed by atoms with van der Waals surface area (Å²) in [5.74, 6) is -0.635. The van der Waals surface area contributed by atoms with E-state index in [1.165, 1.54) is 11.3 Å². The van der Waals surface area contributed by atoms with E-state index in [-0.39, 0.29) is 5.92 Å². The zero-order chi connectivity index (χ0) is 16.6. The third kappa shape index (κ3) is 3.42. The van der Waals surface area contributed by atoms with Gasteiger partial charge >= 0.3 is 5.97 Å². The van der Waals surface area contributed by atoms with Crippen LogP contribution in [-0.4, -0.2) is 28.2 Å². The van der Waals surface area contributed by atoms with Crippen molar-refractivity contribution in [3.05, 3.63) is 38.8 Å². The number of rotatable bonds is 3. The van der Waals surface area contributed by atoms with Crippen LogP contribution < -0.4 is 5.32 Å². The maximum absolute atomic E-state index is 12.3. The molecule has 2 aromatic rings. The van der Waals surface area contributed by atoms with Gasteiger partial charge in [0.2, 0.25) is 5.13 Å². The number of anilines is 1. The summed E-state index contributed by atoms with van der Waals surface area (Å²) in [5, 5.41) is 11.9. The van der Waals surface area contributed by atoms with Crippen LogP contribution in [0.25, 0.3) is 0 Å². The molecule has 0 radical (unpaired) electrons. The summed E-state index contributed by atoms with van der Waals surface area (Å²) in [5.41, 5.74) is 1.28. The molecule has 2 heterocycles. The Morgan fingerprint density at radius 3 is 2.91 bits per heavy atom. The molecule has 1 aromatic carbocycles. The van der Waals surface area contributed by atoms with Crippen LogP contribution in [0.5, 0.6) is 0 Å². The zero-order valence-electron chi connectivity index (χ0n) is 12.5. The van der Waals surface area contributed by atoms with Gasteiger partial charge < -0.3 is 4.74 Å². The number of carbonyl (C=O) groups is 2. The van der Waals surface area contributed by atoms with Crippen molar-refractivity contribution in [1.82, 2.24) is 10.2 Å². The Bertz CT molecular complexity index is 775. The lowest BCUT2D eigenvalue weighted by molar-refractivity contribution is -0.125. The Labute approximate surface area is 145 Å². The third-order valence-corrected chi connectivity index (χ3v) is 5.03. The molecule has 1 atom stereocenters. The lowest BCUT2D eigenvalue weighted by Gasteiger charge is -2.23. The standard InChI is InChI=1S/C15H14BrN3O3S/c1-7(2)13-18-19-15(23-13)17-12(20)11-6-8-5-9(16)3-4-10(8)14(21)22-11/h3-5,7,11H,6H2,1-2H3,(H,17,19,20). The summed E-state index contributed by atoms with van der Waals surface area (Å²) in [7, 11) is 0. The topological polar surface area (TPSA) is 81.2 Å². The van der Waals surface area contributed by atoms with Crippen molar-refractivity contribution in [1.29, 1.82) is 0 Å². The van der Waals surface area contributed by atoms with Gasteiger partial charge in [-0.1, -0.05) is 41.1 Å².